The molecule has 4 aromatic rings. The maximum atomic E-state index is 4.93. The number of benzene rings is 1. The molecule has 0 saturated carbocycles. The van der Waals surface area contributed by atoms with E-state index < -0.39 is 0 Å². The lowest BCUT2D eigenvalue weighted by Crippen LogP contribution is -2.46. The summed E-state index contributed by atoms with van der Waals surface area (Å²) in [5.41, 5.74) is 3.34. The number of rotatable bonds is 3. The van der Waals surface area contributed by atoms with Crippen molar-refractivity contribution in [3.05, 3.63) is 66.6 Å². The van der Waals surface area contributed by atoms with E-state index in [0.29, 0.717) is 0 Å². The first-order valence-electron chi connectivity index (χ1n) is 9.07. The molecule has 6 heteroatoms. The molecule has 0 radical (unpaired) electrons. The Morgan fingerprint density at radius 3 is 2.44 bits per heavy atom. The van der Waals surface area contributed by atoms with Gasteiger partial charge in [0, 0.05) is 65.3 Å². The first-order valence-corrected chi connectivity index (χ1v) is 9.95. The predicted molar refractivity (Wildman–Crippen MR) is 112 cm³/mol. The molecule has 5 rings (SSSR count). The van der Waals surface area contributed by atoms with Crippen molar-refractivity contribution in [2.24, 2.45) is 0 Å². The molecular formula is C21H19N5S. The van der Waals surface area contributed by atoms with Gasteiger partial charge in [-0.1, -0.05) is 18.2 Å². The smallest absolute Gasteiger partial charge is 0.147 e. The minimum atomic E-state index is 0.935. The summed E-state index contributed by atoms with van der Waals surface area (Å²) < 4.78 is 1.28. The summed E-state index contributed by atoms with van der Waals surface area (Å²) >= 11 is 1.75. The number of thiophene rings is 1. The lowest BCUT2D eigenvalue weighted by atomic mass is 10.1. The molecule has 0 aliphatic carbocycles. The Kier molecular flexibility index (Phi) is 4.18. The van der Waals surface area contributed by atoms with Gasteiger partial charge >= 0.3 is 0 Å². The third-order valence-electron chi connectivity index (χ3n) is 5.01. The summed E-state index contributed by atoms with van der Waals surface area (Å²) in [5.74, 6) is 0.956. The molecule has 0 bridgehead atoms. The Labute approximate surface area is 162 Å². The molecule has 3 aromatic heterocycles. The first kappa shape index (κ1) is 16.2. The molecule has 0 unspecified atom stereocenters. The number of piperazine rings is 1. The van der Waals surface area contributed by atoms with Crippen LogP contribution in [0, 0.1) is 0 Å². The quantitative estimate of drug-likeness (QED) is 0.541. The van der Waals surface area contributed by atoms with E-state index in [4.69, 9.17) is 4.98 Å². The van der Waals surface area contributed by atoms with Crippen LogP contribution < -0.4 is 9.80 Å². The van der Waals surface area contributed by atoms with Gasteiger partial charge in [0.2, 0.25) is 0 Å². The normalized spacial score (nSPS) is 14.7. The molecule has 0 atom stereocenters. The van der Waals surface area contributed by atoms with Gasteiger partial charge < -0.3 is 9.80 Å². The van der Waals surface area contributed by atoms with Gasteiger partial charge in [0.1, 0.15) is 5.82 Å². The second kappa shape index (κ2) is 6.96. The van der Waals surface area contributed by atoms with Crippen molar-refractivity contribution >= 4 is 32.9 Å². The third-order valence-corrected chi connectivity index (χ3v) is 5.97. The summed E-state index contributed by atoms with van der Waals surface area (Å²) in [6.07, 6.45) is 7.44. The number of aromatic nitrogens is 3. The minimum Gasteiger partial charge on any atom is -0.368 e. The summed E-state index contributed by atoms with van der Waals surface area (Å²) in [6.45, 7) is 3.81. The molecule has 0 N–H and O–H groups in total. The molecule has 1 aliphatic heterocycles. The van der Waals surface area contributed by atoms with Gasteiger partial charge in [0.15, 0.2) is 0 Å². The highest BCUT2D eigenvalue weighted by molar-refractivity contribution is 7.17. The lowest BCUT2D eigenvalue weighted by Gasteiger charge is -2.36. The van der Waals surface area contributed by atoms with Crippen molar-refractivity contribution in [1.29, 1.82) is 0 Å². The highest BCUT2D eigenvalue weighted by Gasteiger charge is 2.19. The zero-order chi connectivity index (χ0) is 18.1. The van der Waals surface area contributed by atoms with Crippen LogP contribution in [-0.4, -0.2) is 41.1 Å². The summed E-state index contributed by atoms with van der Waals surface area (Å²) in [7, 11) is 0. The number of hydrogen-bond donors (Lipinski definition) is 0. The molecule has 1 saturated heterocycles. The van der Waals surface area contributed by atoms with E-state index >= 15 is 0 Å². The zero-order valence-electron chi connectivity index (χ0n) is 14.8. The van der Waals surface area contributed by atoms with Gasteiger partial charge in [0.25, 0.3) is 0 Å². The van der Waals surface area contributed by atoms with Crippen molar-refractivity contribution in [1.82, 2.24) is 15.0 Å². The van der Waals surface area contributed by atoms with Crippen molar-refractivity contribution in [3.63, 3.8) is 0 Å². The molecule has 4 heterocycles. The molecule has 5 nitrogen and oxygen atoms in total. The molecule has 27 heavy (non-hydrogen) atoms. The first-order chi connectivity index (χ1) is 13.4. The van der Waals surface area contributed by atoms with Gasteiger partial charge in [-0.25, -0.2) is 4.98 Å². The largest absolute Gasteiger partial charge is 0.368 e. The second-order valence-corrected chi connectivity index (χ2v) is 7.50. The van der Waals surface area contributed by atoms with Gasteiger partial charge in [-0.05, 0) is 18.2 Å². The SMILES string of the molecule is c1ccc2c(-c3cncc(N4CCN(c5ccncc5)CC4)n3)csc2c1. The molecule has 134 valence electrons. The zero-order valence-corrected chi connectivity index (χ0v) is 15.6. The van der Waals surface area contributed by atoms with Gasteiger partial charge in [-0.15, -0.1) is 11.3 Å². The highest BCUT2D eigenvalue weighted by Crippen LogP contribution is 2.33. The van der Waals surface area contributed by atoms with Crippen LogP contribution in [0.3, 0.4) is 0 Å². The number of pyridine rings is 1. The topological polar surface area (TPSA) is 45.2 Å². The van der Waals surface area contributed by atoms with E-state index in [0.717, 1.165) is 37.7 Å². The van der Waals surface area contributed by atoms with E-state index in [1.165, 1.54) is 21.3 Å². The Morgan fingerprint density at radius 2 is 1.59 bits per heavy atom. The average Bonchev–Trinajstić information content (AvgIpc) is 3.19. The number of fused-ring (bicyclic) bond motifs is 1. The van der Waals surface area contributed by atoms with E-state index in [-0.39, 0.29) is 0 Å². The van der Waals surface area contributed by atoms with E-state index in [1.807, 2.05) is 24.8 Å². The molecule has 1 fully saturated rings. The molecular weight excluding hydrogens is 354 g/mol. The average molecular weight is 373 g/mol. The van der Waals surface area contributed by atoms with Crippen molar-refractivity contribution in [2.45, 2.75) is 0 Å². The van der Waals surface area contributed by atoms with Crippen LogP contribution in [-0.2, 0) is 0 Å². The van der Waals surface area contributed by atoms with Gasteiger partial charge in [-0.3, -0.25) is 9.97 Å². The molecule has 1 aliphatic rings. The van der Waals surface area contributed by atoms with Crippen LogP contribution in [0.15, 0.2) is 66.6 Å². The van der Waals surface area contributed by atoms with Crippen LogP contribution in [0.2, 0.25) is 0 Å². The Balaban J connectivity index is 1.37. The van der Waals surface area contributed by atoms with Crippen LogP contribution in [0.5, 0.6) is 0 Å². The number of anilines is 2. The van der Waals surface area contributed by atoms with E-state index in [1.54, 1.807) is 11.3 Å². The molecule has 0 spiro atoms. The Bertz CT molecular complexity index is 1050. The van der Waals surface area contributed by atoms with Crippen LogP contribution in [0.25, 0.3) is 21.3 Å². The monoisotopic (exact) mass is 373 g/mol. The maximum Gasteiger partial charge on any atom is 0.147 e. The summed E-state index contributed by atoms with van der Waals surface area (Å²) in [5, 5.41) is 3.43. The second-order valence-electron chi connectivity index (χ2n) is 6.59. The van der Waals surface area contributed by atoms with Crippen LogP contribution >= 0.6 is 11.3 Å². The lowest BCUT2D eigenvalue weighted by molar-refractivity contribution is 0.646. The van der Waals surface area contributed by atoms with Gasteiger partial charge in [-0.2, -0.15) is 0 Å². The Morgan fingerprint density at radius 1 is 0.815 bits per heavy atom. The summed E-state index contributed by atoms with van der Waals surface area (Å²) in [6, 6.07) is 12.6. The fraction of sp³-hybridized carbons (Fsp3) is 0.190. The van der Waals surface area contributed by atoms with Crippen LogP contribution in [0.1, 0.15) is 0 Å². The third kappa shape index (κ3) is 3.13. The predicted octanol–water partition coefficient (Wildman–Crippen LogP) is 4.08. The standard InChI is InChI=1S/C21H19N5S/c1-2-4-20-17(3-1)18(15-27-20)19-13-23-14-21(24-19)26-11-9-25(10-12-26)16-5-7-22-8-6-16/h1-8,13-15H,9-12H2. The van der Waals surface area contributed by atoms with E-state index in [2.05, 4.69) is 61.5 Å². The fourth-order valence-corrected chi connectivity index (χ4v) is 4.52. The summed E-state index contributed by atoms with van der Waals surface area (Å²) in [4.78, 5) is 18.2. The molecule has 0 amide bonds. The van der Waals surface area contributed by atoms with Crippen molar-refractivity contribution in [2.75, 3.05) is 36.0 Å². The number of hydrogen-bond acceptors (Lipinski definition) is 6. The van der Waals surface area contributed by atoms with Crippen LogP contribution in [0.4, 0.5) is 11.5 Å². The number of nitrogens with zero attached hydrogens (tertiary/aromatic N) is 5. The van der Waals surface area contributed by atoms with E-state index in [9.17, 15) is 0 Å². The van der Waals surface area contributed by atoms with Crippen molar-refractivity contribution in [3.8, 4) is 11.3 Å². The van der Waals surface area contributed by atoms with Crippen molar-refractivity contribution < 1.29 is 0 Å². The Hall–Kier alpha value is -2.99. The fourth-order valence-electron chi connectivity index (χ4n) is 3.56. The van der Waals surface area contributed by atoms with Gasteiger partial charge in [0.05, 0.1) is 18.1 Å². The molecule has 1 aromatic carbocycles. The highest BCUT2D eigenvalue weighted by atomic mass is 32.1. The maximum absolute atomic E-state index is 4.93. The minimum absolute atomic E-state index is 0.935.